The lowest BCUT2D eigenvalue weighted by atomic mass is 10.00. The van der Waals surface area contributed by atoms with E-state index in [0.29, 0.717) is 28.4 Å². The van der Waals surface area contributed by atoms with Gasteiger partial charge in [0.05, 0.1) is 18.6 Å². The molecule has 3 rings (SSSR count). The first-order valence-corrected chi connectivity index (χ1v) is 7.04. The Morgan fingerprint density at radius 2 is 2.35 bits per heavy atom. The molecule has 1 fully saturated rings. The van der Waals surface area contributed by atoms with Crippen molar-refractivity contribution < 1.29 is 9.26 Å². The number of benzene rings is 1. The predicted molar refractivity (Wildman–Crippen MR) is 76.1 cm³/mol. The highest BCUT2D eigenvalue weighted by molar-refractivity contribution is 6.30. The van der Waals surface area contributed by atoms with E-state index >= 15 is 0 Å². The fourth-order valence-corrected chi connectivity index (χ4v) is 2.58. The van der Waals surface area contributed by atoms with Crippen LogP contribution in [0.25, 0.3) is 11.4 Å². The normalized spacial score (nSPS) is 19.0. The molecule has 0 aliphatic carbocycles. The van der Waals surface area contributed by atoms with Crippen LogP contribution in [0.5, 0.6) is 5.75 Å². The quantitative estimate of drug-likeness (QED) is 0.943. The van der Waals surface area contributed by atoms with Gasteiger partial charge in [0.1, 0.15) is 5.75 Å². The number of halogens is 1. The number of methoxy groups -OCH3 is 1. The molecule has 0 saturated carbocycles. The van der Waals surface area contributed by atoms with Gasteiger partial charge in [0.2, 0.25) is 11.7 Å². The van der Waals surface area contributed by atoms with Crippen molar-refractivity contribution in [1.82, 2.24) is 15.5 Å². The van der Waals surface area contributed by atoms with E-state index in [1.807, 2.05) is 6.07 Å². The smallest absolute Gasteiger partial charge is 0.231 e. The van der Waals surface area contributed by atoms with Crippen LogP contribution in [0.4, 0.5) is 0 Å². The first-order chi connectivity index (χ1) is 9.78. The molecular formula is C14H16ClN3O2. The van der Waals surface area contributed by atoms with Crippen molar-refractivity contribution in [3.63, 3.8) is 0 Å². The third-order valence-corrected chi connectivity index (χ3v) is 3.73. The molecule has 1 aliphatic rings. The molecule has 1 unspecified atom stereocenters. The summed E-state index contributed by atoms with van der Waals surface area (Å²) in [6.07, 6.45) is 2.21. The molecule has 106 valence electrons. The molecule has 6 heteroatoms. The zero-order valence-corrected chi connectivity index (χ0v) is 12.0. The maximum Gasteiger partial charge on any atom is 0.231 e. The highest BCUT2D eigenvalue weighted by Crippen LogP contribution is 2.32. The lowest BCUT2D eigenvalue weighted by molar-refractivity contribution is 0.322. The summed E-state index contributed by atoms with van der Waals surface area (Å²) in [6, 6.07) is 5.38. The van der Waals surface area contributed by atoms with Crippen LogP contribution in [0.15, 0.2) is 22.7 Å². The Labute approximate surface area is 122 Å². The van der Waals surface area contributed by atoms with Crippen molar-refractivity contribution in [1.29, 1.82) is 0 Å². The zero-order chi connectivity index (χ0) is 13.9. The lowest BCUT2D eigenvalue weighted by Gasteiger charge is -2.18. The van der Waals surface area contributed by atoms with Crippen molar-refractivity contribution in [3.05, 3.63) is 29.1 Å². The Kier molecular flexibility index (Phi) is 3.89. The summed E-state index contributed by atoms with van der Waals surface area (Å²) in [5, 5.41) is 8.02. The third-order valence-electron chi connectivity index (χ3n) is 3.49. The van der Waals surface area contributed by atoms with Gasteiger partial charge in [0.15, 0.2) is 0 Å². The molecule has 0 amide bonds. The largest absolute Gasteiger partial charge is 0.496 e. The second-order valence-corrected chi connectivity index (χ2v) is 5.28. The maximum absolute atomic E-state index is 5.96. The Morgan fingerprint density at radius 1 is 1.45 bits per heavy atom. The summed E-state index contributed by atoms with van der Waals surface area (Å²) >= 11 is 5.96. The molecule has 1 aliphatic heterocycles. The topological polar surface area (TPSA) is 60.2 Å². The summed E-state index contributed by atoms with van der Waals surface area (Å²) in [5.41, 5.74) is 0.788. The van der Waals surface area contributed by atoms with E-state index in [4.69, 9.17) is 20.9 Å². The van der Waals surface area contributed by atoms with Crippen LogP contribution in [-0.2, 0) is 0 Å². The van der Waals surface area contributed by atoms with Gasteiger partial charge in [-0.2, -0.15) is 4.98 Å². The van der Waals surface area contributed by atoms with Crippen molar-refractivity contribution in [2.75, 3.05) is 20.2 Å². The van der Waals surface area contributed by atoms with Crippen LogP contribution in [0.3, 0.4) is 0 Å². The second-order valence-electron chi connectivity index (χ2n) is 4.84. The molecule has 0 radical (unpaired) electrons. The average molecular weight is 294 g/mol. The van der Waals surface area contributed by atoms with Gasteiger partial charge in [-0.1, -0.05) is 16.8 Å². The Morgan fingerprint density at radius 3 is 3.10 bits per heavy atom. The molecule has 5 nitrogen and oxygen atoms in total. The summed E-state index contributed by atoms with van der Waals surface area (Å²) < 4.78 is 10.7. The number of aromatic nitrogens is 2. The molecule has 20 heavy (non-hydrogen) atoms. The third kappa shape index (κ3) is 2.64. The van der Waals surface area contributed by atoms with Gasteiger partial charge in [-0.3, -0.25) is 0 Å². The zero-order valence-electron chi connectivity index (χ0n) is 11.2. The number of ether oxygens (including phenoxy) is 1. The molecule has 0 spiro atoms. The molecule has 1 N–H and O–H groups in total. The van der Waals surface area contributed by atoms with Crippen LogP contribution in [0.1, 0.15) is 24.7 Å². The van der Waals surface area contributed by atoms with E-state index in [-0.39, 0.29) is 0 Å². The molecule has 1 aromatic heterocycles. The molecule has 2 aromatic rings. The van der Waals surface area contributed by atoms with Gasteiger partial charge < -0.3 is 14.6 Å². The SMILES string of the molecule is COc1cc(Cl)ccc1-c1noc(C2CCCNC2)n1. The summed E-state index contributed by atoms with van der Waals surface area (Å²) in [4.78, 5) is 4.50. The fourth-order valence-electron chi connectivity index (χ4n) is 2.42. The van der Waals surface area contributed by atoms with E-state index in [9.17, 15) is 0 Å². The summed E-state index contributed by atoms with van der Waals surface area (Å²) in [6.45, 7) is 1.95. The van der Waals surface area contributed by atoms with Gasteiger partial charge in [0, 0.05) is 11.6 Å². The van der Waals surface area contributed by atoms with Crippen LogP contribution in [-0.4, -0.2) is 30.3 Å². The Hall–Kier alpha value is -1.59. The summed E-state index contributed by atoms with van der Waals surface area (Å²) in [7, 11) is 1.60. The maximum atomic E-state index is 5.96. The van der Waals surface area contributed by atoms with Gasteiger partial charge in [-0.05, 0) is 37.6 Å². The minimum absolute atomic E-state index is 0.295. The van der Waals surface area contributed by atoms with Gasteiger partial charge in [0.25, 0.3) is 0 Å². The first-order valence-electron chi connectivity index (χ1n) is 6.66. The van der Waals surface area contributed by atoms with Crippen molar-refractivity contribution in [2.45, 2.75) is 18.8 Å². The fraction of sp³-hybridized carbons (Fsp3) is 0.429. The molecule has 1 aromatic carbocycles. The van der Waals surface area contributed by atoms with Gasteiger partial charge in [-0.15, -0.1) is 0 Å². The van der Waals surface area contributed by atoms with Crippen LogP contribution >= 0.6 is 11.6 Å². The highest BCUT2D eigenvalue weighted by atomic mass is 35.5. The number of hydrogen-bond donors (Lipinski definition) is 1. The average Bonchev–Trinajstić information content (AvgIpc) is 2.97. The van der Waals surface area contributed by atoms with Crippen molar-refractivity contribution in [3.8, 4) is 17.1 Å². The monoisotopic (exact) mass is 293 g/mol. The van der Waals surface area contributed by atoms with Crippen molar-refractivity contribution >= 4 is 11.6 Å². The number of nitrogens with one attached hydrogen (secondary N) is 1. The number of piperidine rings is 1. The molecule has 2 heterocycles. The van der Waals surface area contributed by atoms with Crippen LogP contribution in [0, 0.1) is 0 Å². The minimum Gasteiger partial charge on any atom is -0.496 e. The Bertz CT molecular complexity index is 594. The van der Waals surface area contributed by atoms with E-state index in [1.165, 1.54) is 0 Å². The molecule has 0 bridgehead atoms. The molecular weight excluding hydrogens is 278 g/mol. The number of rotatable bonds is 3. The highest BCUT2D eigenvalue weighted by Gasteiger charge is 2.22. The Balaban J connectivity index is 1.89. The predicted octanol–water partition coefficient (Wildman–Crippen LogP) is 2.87. The molecule has 1 saturated heterocycles. The van der Waals surface area contributed by atoms with E-state index in [2.05, 4.69) is 15.5 Å². The summed E-state index contributed by atoms with van der Waals surface area (Å²) in [5.74, 6) is 2.17. The second kappa shape index (κ2) is 5.81. The van der Waals surface area contributed by atoms with Crippen molar-refractivity contribution in [2.24, 2.45) is 0 Å². The number of nitrogens with zero attached hydrogens (tertiary/aromatic N) is 2. The minimum atomic E-state index is 0.295. The van der Waals surface area contributed by atoms with E-state index in [1.54, 1.807) is 19.2 Å². The van der Waals surface area contributed by atoms with Gasteiger partial charge >= 0.3 is 0 Å². The molecule has 1 atom stereocenters. The van der Waals surface area contributed by atoms with E-state index in [0.717, 1.165) is 31.5 Å². The first kappa shape index (κ1) is 13.4. The van der Waals surface area contributed by atoms with Gasteiger partial charge in [-0.25, -0.2) is 0 Å². The van der Waals surface area contributed by atoms with Crippen LogP contribution in [0.2, 0.25) is 5.02 Å². The lowest BCUT2D eigenvalue weighted by Crippen LogP contribution is -2.28. The number of hydrogen-bond acceptors (Lipinski definition) is 5. The van der Waals surface area contributed by atoms with Crippen LogP contribution < -0.4 is 10.1 Å². The standard InChI is InChI=1S/C14H16ClN3O2/c1-19-12-7-10(15)4-5-11(12)13-17-14(20-18-13)9-3-2-6-16-8-9/h4-5,7,9,16H,2-3,6,8H2,1H3. The van der Waals surface area contributed by atoms with E-state index < -0.39 is 0 Å².